The molecule has 106 valence electrons. The van der Waals surface area contributed by atoms with Crippen LogP contribution in [0, 0.1) is 0 Å². The summed E-state index contributed by atoms with van der Waals surface area (Å²) in [5.74, 6) is 0.138. The molecule has 0 saturated carbocycles. The van der Waals surface area contributed by atoms with Crippen LogP contribution in [0.1, 0.15) is 18.7 Å². The molecule has 3 aromatic rings. The molecule has 5 heteroatoms. The maximum Gasteiger partial charge on any atom is 0.167 e. The average molecular weight is 297 g/mol. The van der Waals surface area contributed by atoms with Gasteiger partial charge in [-0.2, -0.15) is 0 Å². The number of carbonyl (C=O) groups is 1. The number of aromatic nitrogens is 3. The molecule has 3 rings (SSSR count). The Bertz CT molecular complexity index is 754. The predicted molar refractivity (Wildman–Crippen MR) is 84.2 cm³/mol. The van der Waals surface area contributed by atoms with Crippen molar-refractivity contribution in [1.82, 2.24) is 15.0 Å². The van der Waals surface area contributed by atoms with Crippen LogP contribution in [0.4, 0.5) is 0 Å². The molecule has 0 aliphatic heterocycles. The highest BCUT2D eigenvalue weighted by Crippen LogP contribution is 2.33. The Labute approximate surface area is 127 Å². The number of hydrogen-bond donors (Lipinski definition) is 0. The van der Waals surface area contributed by atoms with Gasteiger partial charge in [-0.25, -0.2) is 4.68 Å². The Morgan fingerprint density at radius 1 is 1.14 bits per heavy atom. The lowest BCUT2D eigenvalue weighted by Crippen LogP contribution is -2.17. The Morgan fingerprint density at radius 2 is 1.86 bits per heavy atom. The smallest absolute Gasteiger partial charge is 0.167 e. The molecule has 0 spiro atoms. The second-order valence-electron chi connectivity index (χ2n) is 4.63. The minimum absolute atomic E-state index is 0.138. The molecule has 1 heterocycles. The number of fused-ring (bicyclic) bond motifs is 1. The summed E-state index contributed by atoms with van der Waals surface area (Å²) in [7, 11) is 0. The molecule has 0 saturated heterocycles. The first-order valence-electron chi connectivity index (χ1n) is 6.84. The number of nitrogens with zero attached hydrogens (tertiary/aromatic N) is 3. The maximum absolute atomic E-state index is 12.3. The van der Waals surface area contributed by atoms with E-state index in [1.165, 1.54) is 11.8 Å². The van der Waals surface area contributed by atoms with Crippen LogP contribution in [-0.4, -0.2) is 20.8 Å². The predicted octanol–water partition coefficient (Wildman–Crippen LogP) is 3.70. The summed E-state index contributed by atoms with van der Waals surface area (Å²) in [6.07, 6.45) is 0.471. The molecular formula is C16H15N3OS. The van der Waals surface area contributed by atoms with Gasteiger partial charge in [-0.15, -0.1) is 5.10 Å². The zero-order valence-electron chi connectivity index (χ0n) is 11.6. The minimum Gasteiger partial charge on any atom is -0.296 e. The fourth-order valence-electron chi connectivity index (χ4n) is 2.11. The summed E-state index contributed by atoms with van der Waals surface area (Å²) < 4.78 is 1.72. The van der Waals surface area contributed by atoms with E-state index in [4.69, 9.17) is 0 Å². The van der Waals surface area contributed by atoms with Crippen LogP contribution in [0.3, 0.4) is 0 Å². The summed E-state index contributed by atoms with van der Waals surface area (Å²) in [6.45, 7) is 1.88. The van der Waals surface area contributed by atoms with Crippen LogP contribution in [0.25, 0.3) is 11.0 Å². The van der Waals surface area contributed by atoms with E-state index in [0.717, 1.165) is 15.9 Å². The molecule has 1 unspecified atom stereocenters. The molecule has 0 aliphatic rings. The Balaban J connectivity index is 2.01. The number of ketones is 1. The standard InChI is InChI=1S/C16H15N3OS/c1-2-15(20)16(21-12-8-4-3-5-9-12)19-14-11-7-6-10-13(14)17-18-19/h3-11,16H,2H2,1H3. The number of para-hydroxylation sites is 1. The summed E-state index contributed by atoms with van der Waals surface area (Å²) in [4.78, 5) is 13.4. The molecular weight excluding hydrogens is 282 g/mol. The van der Waals surface area contributed by atoms with Gasteiger partial charge in [0, 0.05) is 11.3 Å². The van der Waals surface area contributed by atoms with E-state index in [0.29, 0.717) is 6.42 Å². The van der Waals surface area contributed by atoms with Crippen LogP contribution in [0.15, 0.2) is 59.5 Å². The van der Waals surface area contributed by atoms with Gasteiger partial charge in [0.05, 0.1) is 5.52 Å². The van der Waals surface area contributed by atoms with Crippen LogP contribution >= 0.6 is 11.8 Å². The van der Waals surface area contributed by atoms with E-state index < -0.39 is 0 Å². The SMILES string of the molecule is CCC(=O)C(Sc1ccccc1)n1nnc2ccccc21. The fraction of sp³-hybridized carbons (Fsp3) is 0.188. The van der Waals surface area contributed by atoms with E-state index in [-0.39, 0.29) is 11.2 Å². The van der Waals surface area contributed by atoms with Crippen molar-refractivity contribution < 1.29 is 4.79 Å². The largest absolute Gasteiger partial charge is 0.296 e. The van der Waals surface area contributed by atoms with Crippen molar-refractivity contribution in [2.45, 2.75) is 23.6 Å². The van der Waals surface area contributed by atoms with Gasteiger partial charge in [-0.1, -0.05) is 54.2 Å². The minimum atomic E-state index is -0.384. The summed E-state index contributed by atoms with van der Waals surface area (Å²) >= 11 is 1.50. The monoisotopic (exact) mass is 297 g/mol. The molecule has 1 atom stereocenters. The number of Topliss-reactive ketones (excluding diaryl/α,β-unsaturated/α-hetero) is 1. The van der Waals surface area contributed by atoms with Crippen molar-refractivity contribution in [3.63, 3.8) is 0 Å². The van der Waals surface area contributed by atoms with E-state index in [9.17, 15) is 4.79 Å². The van der Waals surface area contributed by atoms with Gasteiger partial charge >= 0.3 is 0 Å². The van der Waals surface area contributed by atoms with Gasteiger partial charge in [0.25, 0.3) is 0 Å². The quantitative estimate of drug-likeness (QED) is 0.674. The highest BCUT2D eigenvalue weighted by molar-refractivity contribution is 8.00. The number of benzene rings is 2. The van der Waals surface area contributed by atoms with Gasteiger partial charge in [-0.3, -0.25) is 4.79 Å². The van der Waals surface area contributed by atoms with E-state index in [1.54, 1.807) is 4.68 Å². The number of hydrogen-bond acceptors (Lipinski definition) is 4. The zero-order valence-corrected chi connectivity index (χ0v) is 12.5. The molecule has 0 amide bonds. The lowest BCUT2D eigenvalue weighted by molar-refractivity contribution is -0.119. The molecule has 0 bridgehead atoms. The van der Waals surface area contributed by atoms with Crippen molar-refractivity contribution in [1.29, 1.82) is 0 Å². The Morgan fingerprint density at radius 3 is 2.62 bits per heavy atom. The Hall–Kier alpha value is -2.14. The van der Waals surface area contributed by atoms with Gasteiger partial charge < -0.3 is 0 Å². The van der Waals surface area contributed by atoms with Crippen molar-refractivity contribution in [2.75, 3.05) is 0 Å². The second kappa shape index (κ2) is 6.10. The third kappa shape index (κ3) is 2.83. The first-order valence-corrected chi connectivity index (χ1v) is 7.72. The maximum atomic E-state index is 12.3. The number of rotatable bonds is 5. The molecule has 4 nitrogen and oxygen atoms in total. The Kier molecular flexibility index (Phi) is 4.01. The first-order chi connectivity index (χ1) is 10.3. The molecule has 2 aromatic carbocycles. The third-order valence-electron chi connectivity index (χ3n) is 3.21. The van der Waals surface area contributed by atoms with Gasteiger partial charge in [0.15, 0.2) is 11.2 Å². The van der Waals surface area contributed by atoms with Crippen LogP contribution in [-0.2, 0) is 4.79 Å². The molecule has 0 radical (unpaired) electrons. The first kappa shape index (κ1) is 13.8. The van der Waals surface area contributed by atoms with Crippen LogP contribution < -0.4 is 0 Å². The molecule has 0 fully saturated rings. The van der Waals surface area contributed by atoms with E-state index in [2.05, 4.69) is 10.3 Å². The van der Waals surface area contributed by atoms with E-state index in [1.807, 2.05) is 61.5 Å². The zero-order chi connectivity index (χ0) is 14.7. The van der Waals surface area contributed by atoms with Gasteiger partial charge in [0.1, 0.15) is 5.52 Å². The van der Waals surface area contributed by atoms with Crippen molar-refractivity contribution in [3.8, 4) is 0 Å². The van der Waals surface area contributed by atoms with Crippen molar-refractivity contribution in [2.24, 2.45) is 0 Å². The normalized spacial score (nSPS) is 12.4. The highest BCUT2D eigenvalue weighted by Gasteiger charge is 2.23. The summed E-state index contributed by atoms with van der Waals surface area (Å²) in [5, 5.41) is 7.95. The fourth-order valence-corrected chi connectivity index (χ4v) is 3.24. The third-order valence-corrected chi connectivity index (χ3v) is 4.44. The average Bonchev–Trinajstić information content (AvgIpc) is 2.97. The summed E-state index contributed by atoms with van der Waals surface area (Å²) in [5.41, 5.74) is 1.69. The molecule has 21 heavy (non-hydrogen) atoms. The lowest BCUT2D eigenvalue weighted by atomic mass is 10.3. The topological polar surface area (TPSA) is 47.8 Å². The number of thioether (sulfide) groups is 1. The van der Waals surface area contributed by atoms with Crippen molar-refractivity contribution in [3.05, 3.63) is 54.6 Å². The van der Waals surface area contributed by atoms with Gasteiger partial charge in [-0.05, 0) is 24.3 Å². The highest BCUT2D eigenvalue weighted by atomic mass is 32.2. The number of carbonyl (C=O) groups excluding carboxylic acids is 1. The second-order valence-corrected chi connectivity index (χ2v) is 5.78. The van der Waals surface area contributed by atoms with Gasteiger partial charge in [0.2, 0.25) is 0 Å². The lowest BCUT2D eigenvalue weighted by Gasteiger charge is -2.15. The molecule has 0 aliphatic carbocycles. The van der Waals surface area contributed by atoms with E-state index >= 15 is 0 Å². The summed E-state index contributed by atoms with van der Waals surface area (Å²) in [6, 6.07) is 17.6. The molecule has 1 aromatic heterocycles. The van der Waals surface area contributed by atoms with Crippen LogP contribution in [0.5, 0.6) is 0 Å². The van der Waals surface area contributed by atoms with Crippen LogP contribution in [0.2, 0.25) is 0 Å². The molecule has 0 N–H and O–H groups in total. The van der Waals surface area contributed by atoms with Crippen molar-refractivity contribution >= 4 is 28.6 Å².